The summed E-state index contributed by atoms with van der Waals surface area (Å²) in [6.45, 7) is 0.814. The van der Waals surface area contributed by atoms with E-state index in [2.05, 4.69) is 6.07 Å². The van der Waals surface area contributed by atoms with Crippen LogP contribution in [0.3, 0.4) is 0 Å². The highest BCUT2D eigenvalue weighted by molar-refractivity contribution is 5.79. The fourth-order valence-electron chi connectivity index (χ4n) is 4.52. The smallest absolute Gasteiger partial charge is 0.221 e. The third-order valence-electron chi connectivity index (χ3n) is 5.98. The van der Waals surface area contributed by atoms with Crippen molar-refractivity contribution in [1.29, 1.82) is 5.26 Å². The summed E-state index contributed by atoms with van der Waals surface area (Å²) >= 11 is 0. The van der Waals surface area contributed by atoms with Gasteiger partial charge in [-0.05, 0) is 48.2 Å². The average molecular weight is 404 g/mol. The third-order valence-corrected chi connectivity index (χ3v) is 5.98. The summed E-state index contributed by atoms with van der Waals surface area (Å²) in [5.41, 5.74) is 8.56. The minimum absolute atomic E-state index is 0.0728. The van der Waals surface area contributed by atoms with Gasteiger partial charge < -0.3 is 15.2 Å². The van der Waals surface area contributed by atoms with Crippen LogP contribution >= 0.6 is 0 Å². The van der Waals surface area contributed by atoms with Crippen molar-refractivity contribution in [1.82, 2.24) is 5.06 Å². The van der Waals surface area contributed by atoms with E-state index >= 15 is 0 Å². The van der Waals surface area contributed by atoms with E-state index in [1.807, 2.05) is 36.4 Å². The van der Waals surface area contributed by atoms with Crippen molar-refractivity contribution < 1.29 is 14.3 Å². The predicted octanol–water partition coefficient (Wildman–Crippen LogP) is 3.29. The minimum atomic E-state index is -0.918. The molecule has 0 aromatic heterocycles. The summed E-state index contributed by atoms with van der Waals surface area (Å²) in [4.78, 5) is 10.9. The Morgan fingerprint density at radius 1 is 1.23 bits per heavy atom. The van der Waals surface area contributed by atoms with Crippen LogP contribution < -0.4 is 10.5 Å². The fraction of sp³-hybridized carbons (Fsp3) is 0.391. The van der Waals surface area contributed by atoms with E-state index in [1.54, 1.807) is 13.1 Å². The van der Waals surface area contributed by atoms with E-state index in [9.17, 15) is 5.26 Å². The maximum absolute atomic E-state index is 9.24. The normalized spacial score (nSPS) is 27.5. The molecule has 0 radical (unpaired) electrons. The van der Waals surface area contributed by atoms with Crippen LogP contribution in [0.15, 0.2) is 47.5 Å². The number of rotatable bonds is 3. The van der Waals surface area contributed by atoms with Gasteiger partial charge in [-0.2, -0.15) is 5.26 Å². The largest absolute Gasteiger partial charge is 0.490 e. The third kappa shape index (κ3) is 3.28. The van der Waals surface area contributed by atoms with Gasteiger partial charge in [-0.1, -0.05) is 18.2 Å². The summed E-state index contributed by atoms with van der Waals surface area (Å²) in [7, 11) is 1.76. The van der Waals surface area contributed by atoms with E-state index in [1.165, 1.54) is 5.06 Å². The molecule has 0 bridgehead atoms. The number of nitrogens with two attached hydrogens (primary N) is 1. The molecule has 0 saturated carbocycles. The minimum Gasteiger partial charge on any atom is -0.490 e. The zero-order valence-corrected chi connectivity index (χ0v) is 16.9. The van der Waals surface area contributed by atoms with Crippen LogP contribution in [-0.4, -0.2) is 36.9 Å². The lowest BCUT2D eigenvalue weighted by Gasteiger charge is -2.37. The van der Waals surface area contributed by atoms with Crippen LogP contribution in [0.2, 0.25) is 0 Å². The van der Waals surface area contributed by atoms with E-state index in [4.69, 9.17) is 25.0 Å². The number of guanidine groups is 1. The Morgan fingerprint density at radius 3 is 2.83 bits per heavy atom. The van der Waals surface area contributed by atoms with E-state index in [0.717, 1.165) is 48.3 Å². The molecule has 1 saturated heterocycles. The molecule has 0 unspecified atom stereocenters. The molecule has 3 aliphatic rings. The number of fused-ring (bicyclic) bond motifs is 2. The Morgan fingerprint density at radius 2 is 2.10 bits per heavy atom. The first kappa shape index (κ1) is 18.9. The standard InChI is InChI=1S/C23H24N4O3/c1-27-22(25)26-23(30-27)13-19(12-18-6-3-9-28-18)29-21-8-7-17(11-20(21)23)16-5-2-4-15(10-16)14-24/h2,4-5,7-8,10-11,18-19H,3,6,9,12-13H2,1H3,(H2,25,26)/t18-,19-,23+/m1/s1. The van der Waals surface area contributed by atoms with Gasteiger partial charge in [0, 0.05) is 26.5 Å². The molecule has 1 spiro atoms. The average Bonchev–Trinajstić information content (AvgIpc) is 3.36. The Kier molecular flexibility index (Phi) is 4.61. The van der Waals surface area contributed by atoms with Crippen molar-refractivity contribution in [2.24, 2.45) is 10.7 Å². The summed E-state index contributed by atoms with van der Waals surface area (Å²) in [5, 5.41) is 10.8. The van der Waals surface area contributed by atoms with Gasteiger partial charge in [0.25, 0.3) is 0 Å². The molecule has 1 fully saturated rings. The first-order valence-electron chi connectivity index (χ1n) is 10.3. The van der Waals surface area contributed by atoms with Crippen molar-refractivity contribution in [3.63, 3.8) is 0 Å². The molecule has 7 heteroatoms. The van der Waals surface area contributed by atoms with Crippen LogP contribution in [0.25, 0.3) is 11.1 Å². The molecular weight excluding hydrogens is 380 g/mol. The molecular formula is C23H24N4O3. The highest BCUT2D eigenvalue weighted by atomic mass is 16.7. The molecule has 3 heterocycles. The molecule has 3 aliphatic heterocycles. The van der Waals surface area contributed by atoms with Crippen molar-refractivity contribution >= 4 is 5.96 Å². The Labute approximate surface area is 175 Å². The quantitative estimate of drug-likeness (QED) is 0.844. The van der Waals surface area contributed by atoms with Gasteiger partial charge in [-0.3, -0.25) is 0 Å². The van der Waals surface area contributed by atoms with Crippen molar-refractivity contribution in [3.05, 3.63) is 53.6 Å². The molecule has 0 amide bonds. The maximum atomic E-state index is 9.24. The van der Waals surface area contributed by atoms with E-state index in [0.29, 0.717) is 17.9 Å². The zero-order valence-electron chi connectivity index (χ0n) is 16.9. The van der Waals surface area contributed by atoms with Crippen LogP contribution in [0.1, 0.15) is 36.8 Å². The summed E-state index contributed by atoms with van der Waals surface area (Å²) in [6.07, 6.45) is 3.65. The molecule has 2 aromatic carbocycles. The van der Waals surface area contributed by atoms with Crippen molar-refractivity contribution in [2.75, 3.05) is 13.7 Å². The van der Waals surface area contributed by atoms with Gasteiger partial charge in [0.15, 0.2) is 0 Å². The molecule has 5 rings (SSSR count). The van der Waals surface area contributed by atoms with Gasteiger partial charge in [0.05, 0.1) is 23.3 Å². The van der Waals surface area contributed by atoms with Gasteiger partial charge in [-0.25, -0.2) is 14.9 Å². The van der Waals surface area contributed by atoms with Crippen LogP contribution in [0.5, 0.6) is 5.75 Å². The molecule has 2 aromatic rings. The Hall–Kier alpha value is -3.08. The second-order valence-corrected chi connectivity index (χ2v) is 8.06. The number of nitriles is 1. The monoisotopic (exact) mass is 404 g/mol. The highest BCUT2D eigenvalue weighted by Gasteiger charge is 2.49. The topological polar surface area (TPSA) is 93.1 Å². The fourth-order valence-corrected chi connectivity index (χ4v) is 4.52. The number of ether oxygens (including phenoxy) is 2. The summed E-state index contributed by atoms with van der Waals surface area (Å²) in [5.74, 6) is 1.09. The van der Waals surface area contributed by atoms with Crippen molar-refractivity contribution in [2.45, 2.75) is 43.6 Å². The second-order valence-electron chi connectivity index (χ2n) is 8.06. The number of hydrogen-bond donors (Lipinski definition) is 1. The summed E-state index contributed by atoms with van der Waals surface area (Å²) in [6, 6.07) is 15.7. The number of nitrogens with zero attached hydrogens (tertiary/aromatic N) is 3. The van der Waals surface area contributed by atoms with Gasteiger partial charge in [0.1, 0.15) is 11.9 Å². The Bertz CT molecular complexity index is 1040. The predicted molar refractivity (Wildman–Crippen MR) is 111 cm³/mol. The lowest BCUT2D eigenvalue weighted by molar-refractivity contribution is -0.192. The maximum Gasteiger partial charge on any atom is 0.221 e. The van der Waals surface area contributed by atoms with Gasteiger partial charge >= 0.3 is 0 Å². The van der Waals surface area contributed by atoms with Crippen LogP contribution in [0.4, 0.5) is 0 Å². The molecule has 0 aliphatic carbocycles. The zero-order chi connectivity index (χ0) is 20.7. The van der Waals surface area contributed by atoms with Crippen LogP contribution in [0, 0.1) is 11.3 Å². The van der Waals surface area contributed by atoms with E-state index in [-0.39, 0.29) is 12.2 Å². The molecule has 154 valence electrons. The highest BCUT2D eigenvalue weighted by Crippen LogP contribution is 2.48. The lowest BCUT2D eigenvalue weighted by atomic mass is 9.88. The van der Waals surface area contributed by atoms with Crippen LogP contribution in [-0.2, 0) is 15.3 Å². The van der Waals surface area contributed by atoms with E-state index < -0.39 is 5.72 Å². The Balaban J connectivity index is 1.54. The number of aliphatic imine (C=N–C) groups is 1. The SMILES string of the molecule is CN1O[C@]2(C[C@@H](C[C@H]3CCCO3)Oc3ccc(-c4cccc(C#N)c4)cc32)N=C1N. The molecule has 7 nitrogen and oxygen atoms in total. The number of hydrogen-bond acceptors (Lipinski definition) is 7. The molecule has 2 N–H and O–H groups in total. The summed E-state index contributed by atoms with van der Waals surface area (Å²) < 4.78 is 12.2. The second kappa shape index (κ2) is 7.31. The number of hydroxylamine groups is 2. The number of benzene rings is 2. The first-order chi connectivity index (χ1) is 14.6. The van der Waals surface area contributed by atoms with Gasteiger partial charge in [0.2, 0.25) is 11.7 Å². The molecule has 30 heavy (non-hydrogen) atoms. The van der Waals surface area contributed by atoms with Crippen molar-refractivity contribution in [3.8, 4) is 22.9 Å². The molecule has 3 atom stereocenters. The first-order valence-corrected chi connectivity index (χ1v) is 10.3. The van der Waals surface area contributed by atoms with Gasteiger partial charge in [-0.15, -0.1) is 0 Å². The lowest BCUT2D eigenvalue weighted by Crippen LogP contribution is -2.40.